The number of hydrogen-bond donors (Lipinski definition) is 1. The number of anilines is 1. The third-order valence-corrected chi connectivity index (χ3v) is 5.44. The molecule has 3 rings (SSSR count). The molecule has 1 aromatic carbocycles. The van der Waals surface area contributed by atoms with Gasteiger partial charge >= 0.3 is 0 Å². The van der Waals surface area contributed by atoms with Crippen molar-refractivity contribution < 1.29 is 9.59 Å². The molecule has 1 N–H and O–H groups in total. The lowest BCUT2D eigenvalue weighted by Gasteiger charge is -2.29. The van der Waals surface area contributed by atoms with Gasteiger partial charge in [0.1, 0.15) is 5.57 Å². The Hall–Kier alpha value is -2.44. The van der Waals surface area contributed by atoms with Crippen LogP contribution in [0.1, 0.15) is 29.4 Å². The Bertz CT molecular complexity index is 1010. The van der Waals surface area contributed by atoms with Gasteiger partial charge in [0.15, 0.2) is 5.11 Å². The summed E-state index contributed by atoms with van der Waals surface area (Å²) in [7, 11) is 0. The Balaban J connectivity index is 2.06. The van der Waals surface area contributed by atoms with E-state index in [1.165, 1.54) is 4.90 Å². The molecule has 2 aromatic rings. The molecule has 1 aliphatic rings. The van der Waals surface area contributed by atoms with Crippen molar-refractivity contribution in [3.8, 4) is 0 Å². The lowest BCUT2D eigenvalue weighted by Crippen LogP contribution is -2.54. The van der Waals surface area contributed by atoms with E-state index >= 15 is 0 Å². The number of thiocarbonyl (C=S) groups is 1. The Morgan fingerprint density at radius 3 is 2.48 bits per heavy atom. The van der Waals surface area contributed by atoms with Gasteiger partial charge in [0.05, 0.1) is 5.69 Å². The fourth-order valence-electron chi connectivity index (χ4n) is 3.23. The summed E-state index contributed by atoms with van der Waals surface area (Å²) < 4.78 is 2.12. The molecule has 0 aliphatic carbocycles. The van der Waals surface area contributed by atoms with E-state index in [-0.39, 0.29) is 10.7 Å². The number of nitrogens with one attached hydrogen (secondary N) is 1. The van der Waals surface area contributed by atoms with Crippen molar-refractivity contribution in [3.63, 3.8) is 0 Å². The van der Waals surface area contributed by atoms with Crippen LogP contribution in [0.25, 0.3) is 6.08 Å². The average molecular weight is 402 g/mol. The van der Waals surface area contributed by atoms with E-state index in [0.717, 1.165) is 29.1 Å². The molecule has 2 amide bonds. The number of aryl methyl sites for hydroxylation is 2. The highest BCUT2D eigenvalue weighted by molar-refractivity contribution is 7.80. The highest BCUT2D eigenvalue weighted by Gasteiger charge is 2.34. The maximum Gasteiger partial charge on any atom is 0.270 e. The number of carbonyl (C=O) groups excluding carboxylic acids is 2. The zero-order chi connectivity index (χ0) is 19.9. The van der Waals surface area contributed by atoms with Crippen molar-refractivity contribution in [1.82, 2.24) is 9.88 Å². The zero-order valence-corrected chi connectivity index (χ0v) is 17.2. The van der Waals surface area contributed by atoms with Gasteiger partial charge in [-0.3, -0.25) is 19.8 Å². The predicted octanol–water partition coefficient (Wildman–Crippen LogP) is 3.92. The second-order valence-electron chi connectivity index (χ2n) is 6.46. The van der Waals surface area contributed by atoms with E-state index < -0.39 is 11.8 Å². The first-order valence-corrected chi connectivity index (χ1v) is 9.37. The number of hydrogen-bond acceptors (Lipinski definition) is 3. The van der Waals surface area contributed by atoms with Crippen LogP contribution in [0.15, 0.2) is 29.8 Å². The molecule has 0 atom stereocenters. The molecule has 0 unspecified atom stereocenters. The van der Waals surface area contributed by atoms with Gasteiger partial charge in [0, 0.05) is 23.0 Å². The van der Waals surface area contributed by atoms with Gasteiger partial charge in [-0.2, -0.15) is 0 Å². The van der Waals surface area contributed by atoms with Gasteiger partial charge in [0.25, 0.3) is 11.8 Å². The van der Waals surface area contributed by atoms with E-state index in [2.05, 4.69) is 16.8 Å². The Kier molecular flexibility index (Phi) is 5.22. The zero-order valence-electron chi connectivity index (χ0n) is 15.6. The molecule has 0 spiro atoms. The first kappa shape index (κ1) is 19.3. The summed E-state index contributed by atoms with van der Waals surface area (Å²) in [6.45, 7) is 8.71. The second kappa shape index (κ2) is 7.29. The molecule has 2 heterocycles. The number of benzene rings is 1. The predicted molar refractivity (Wildman–Crippen MR) is 112 cm³/mol. The fourth-order valence-corrected chi connectivity index (χ4v) is 3.68. The Morgan fingerprint density at radius 1 is 1.19 bits per heavy atom. The number of carbonyl (C=O) groups is 2. The molecule has 7 heteroatoms. The first-order valence-electron chi connectivity index (χ1n) is 8.59. The second-order valence-corrected chi connectivity index (χ2v) is 7.26. The normalized spacial score (nSPS) is 16.3. The number of rotatable bonds is 3. The molecule has 1 saturated heterocycles. The van der Waals surface area contributed by atoms with Crippen molar-refractivity contribution in [1.29, 1.82) is 0 Å². The fraction of sp³-hybridized carbons (Fsp3) is 0.250. The van der Waals surface area contributed by atoms with E-state index in [1.807, 2.05) is 32.9 Å². The molecule has 1 fully saturated rings. The van der Waals surface area contributed by atoms with E-state index in [1.54, 1.807) is 18.2 Å². The van der Waals surface area contributed by atoms with Gasteiger partial charge in [-0.25, -0.2) is 0 Å². The van der Waals surface area contributed by atoms with Gasteiger partial charge in [-0.1, -0.05) is 17.7 Å². The standard InChI is InChI=1S/C20H20ClN3O2S/c1-5-23-12(3)8-14(13(23)4)9-16-18(25)22-20(27)24(19(16)26)15-7-6-11(2)17(21)10-15/h6-10H,5H2,1-4H3,(H,22,25,27)/b16-9-. The summed E-state index contributed by atoms with van der Waals surface area (Å²) >= 11 is 11.4. The van der Waals surface area contributed by atoms with Crippen LogP contribution in [0, 0.1) is 20.8 Å². The molecule has 27 heavy (non-hydrogen) atoms. The van der Waals surface area contributed by atoms with Crippen molar-refractivity contribution in [2.75, 3.05) is 4.90 Å². The minimum absolute atomic E-state index is 0.0386. The summed E-state index contributed by atoms with van der Waals surface area (Å²) in [6, 6.07) is 7.19. The monoisotopic (exact) mass is 401 g/mol. The minimum atomic E-state index is -0.499. The van der Waals surface area contributed by atoms with E-state index in [0.29, 0.717) is 10.7 Å². The van der Waals surface area contributed by atoms with E-state index in [9.17, 15) is 9.59 Å². The maximum atomic E-state index is 13.1. The maximum absolute atomic E-state index is 13.1. The van der Waals surface area contributed by atoms with Crippen LogP contribution in [0.2, 0.25) is 5.02 Å². The smallest absolute Gasteiger partial charge is 0.270 e. The van der Waals surface area contributed by atoms with Crippen LogP contribution < -0.4 is 10.2 Å². The highest BCUT2D eigenvalue weighted by Crippen LogP contribution is 2.27. The summed E-state index contributed by atoms with van der Waals surface area (Å²) in [5.41, 5.74) is 4.36. The SMILES string of the molecule is CCn1c(C)cc(/C=C2/C(=O)NC(=S)N(c3ccc(C)c(Cl)c3)C2=O)c1C. The Morgan fingerprint density at radius 2 is 1.89 bits per heavy atom. The molecule has 0 radical (unpaired) electrons. The number of halogens is 1. The summed E-state index contributed by atoms with van der Waals surface area (Å²) in [5.74, 6) is -0.967. The van der Waals surface area contributed by atoms with Gasteiger partial charge in [-0.15, -0.1) is 0 Å². The van der Waals surface area contributed by atoms with Gasteiger partial charge < -0.3 is 4.57 Å². The summed E-state index contributed by atoms with van der Waals surface area (Å²) in [5, 5.41) is 3.16. The van der Waals surface area contributed by atoms with Crippen LogP contribution >= 0.6 is 23.8 Å². The lowest BCUT2D eigenvalue weighted by molar-refractivity contribution is -0.122. The molecular formula is C20H20ClN3O2S. The largest absolute Gasteiger partial charge is 0.349 e. The number of aromatic nitrogens is 1. The number of nitrogens with zero attached hydrogens (tertiary/aromatic N) is 2. The molecule has 0 saturated carbocycles. The quantitative estimate of drug-likeness (QED) is 0.482. The van der Waals surface area contributed by atoms with Crippen molar-refractivity contribution in [3.05, 3.63) is 57.4 Å². The molecule has 0 bridgehead atoms. The van der Waals surface area contributed by atoms with Crippen molar-refractivity contribution in [2.24, 2.45) is 0 Å². The minimum Gasteiger partial charge on any atom is -0.349 e. The highest BCUT2D eigenvalue weighted by atomic mass is 35.5. The van der Waals surface area contributed by atoms with Crippen molar-refractivity contribution in [2.45, 2.75) is 34.2 Å². The Labute approximate surface area is 168 Å². The van der Waals surface area contributed by atoms with Crippen LogP contribution in [-0.2, 0) is 16.1 Å². The molecule has 5 nitrogen and oxygen atoms in total. The molecule has 1 aromatic heterocycles. The van der Waals surface area contributed by atoms with Crippen LogP contribution in [0.5, 0.6) is 0 Å². The van der Waals surface area contributed by atoms with Crippen LogP contribution in [0.3, 0.4) is 0 Å². The van der Waals surface area contributed by atoms with Crippen LogP contribution in [-0.4, -0.2) is 21.5 Å². The topological polar surface area (TPSA) is 54.3 Å². The molecular weight excluding hydrogens is 382 g/mol. The van der Waals surface area contributed by atoms with Crippen LogP contribution in [0.4, 0.5) is 5.69 Å². The van der Waals surface area contributed by atoms with E-state index in [4.69, 9.17) is 23.8 Å². The summed E-state index contributed by atoms with van der Waals surface area (Å²) in [6.07, 6.45) is 1.62. The summed E-state index contributed by atoms with van der Waals surface area (Å²) in [4.78, 5) is 26.8. The average Bonchev–Trinajstić information content (AvgIpc) is 2.87. The molecule has 1 aliphatic heterocycles. The first-order chi connectivity index (χ1) is 12.7. The van der Waals surface area contributed by atoms with Crippen molar-refractivity contribution >= 4 is 52.5 Å². The third kappa shape index (κ3) is 3.42. The molecule has 140 valence electrons. The van der Waals surface area contributed by atoms with Gasteiger partial charge in [0.2, 0.25) is 0 Å². The number of amides is 2. The lowest BCUT2D eigenvalue weighted by atomic mass is 10.1. The third-order valence-electron chi connectivity index (χ3n) is 4.74. The van der Waals surface area contributed by atoms with Gasteiger partial charge in [-0.05, 0) is 75.3 Å².